The van der Waals surface area contributed by atoms with Crippen LogP contribution in [0.2, 0.25) is 0 Å². The van der Waals surface area contributed by atoms with Crippen molar-refractivity contribution in [1.82, 2.24) is 0 Å². The number of benzene rings is 4. The van der Waals surface area contributed by atoms with Gasteiger partial charge in [-0.2, -0.15) is 9.13 Å². The lowest BCUT2D eigenvalue weighted by molar-refractivity contribution is -0.597. The first-order valence-corrected chi connectivity index (χ1v) is 14.2. The molecule has 2 heteroatoms. The normalized spacial score (nSPS) is 17.1. The molecule has 0 atom stereocenters. The summed E-state index contributed by atoms with van der Waals surface area (Å²) in [6.45, 7) is 4.79. The van der Waals surface area contributed by atoms with E-state index in [1.54, 1.807) is 0 Å². The van der Waals surface area contributed by atoms with Crippen molar-refractivity contribution in [3.8, 4) is 33.6 Å². The number of rotatable bonds is 0. The van der Waals surface area contributed by atoms with E-state index in [4.69, 9.17) is 0 Å². The van der Waals surface area contributed by atoms with Crippen LogP contribution in [-0.2, 0) is 11.8 Å². The molecule has 188 valence electrons. The molecule has 0 saturated heterocycles. The summed E-state index contributed by atoms with van der Waals surface area (Å²) in [5, 5.41) is 2.68. The van der Waals surface area contributed by atoms with E-state index in [9.17, 15) is 0 Å². The minimum Gasteiger partial charge on any atom is -0.158 e. The molecule has 1 aliphatic carbocycles. The summed E-state index contributed by atoms with van der Waals surface area (Å²) < 4.78 is 4.83. The number of allylic oxidation sites excluding steroid dienone is 1. The third-order valence-electron chi connectivity index (χ3n) is 9.38. The highest BCUT2D eigenvalue weighted by Gasteiger charge is 2.45. The van der Waals surface area contributed by atoms with Gasteiger partial charge in [-0.3, -0.25) is 0 Å². The van der Waals surface area contributed by atoms with E-state index in [0.717, 1.165) is 6.42 Å². The van der Waals surface area contributed by atoms with Crippen LogP contribution < -0.4 is 9.13 Å². The van der Waals surface area contributed by atoms with Gasteiger partial charge in [-0.15, -0.1) is 0 Å². The Labute approximate surface area is 234 Å². The Bertz CT molecular complexity index is 2110. The second-order valence-electron chi connectivity index (χ2n) is 11.8. The lowest BCUT2D eigenvalue weighted by atomic mass is 9.79. The minimum atomic E-state index is -0.0821. The number of fused-ring (bicyclic) bond motifs is 11. The predicted molar refractivity (Wildman–Crippen MR) is 161 cm³/mol. The number of hydrogen-bond acceptors (Lipinski definition) is 0. The second kappa shape index (κ2) is 7.64. The maximum absolute atomic E-state index is 2.49. The maximum Gasteiger partial charge on any atom is 0.287 e. The van der Waals surface area contributed by atoms with Crippen molar-refractivity contribution >= 4 is 22.2 Å². The lowest BCUT2D eigenvalue weighted by Gasteiger charge is -2.23. The van der Waals surface area contributed by atoms with Crippen LogP contribution in [0.3, 0.4) is 0 Å². The Hall–Kier alpha value is -4.82. The SMILES string of the molecule is CC1(C)c2cc3c(cc2-c2ccc4ccccc4c21)/C(=C1/Cc2ccccc2-c2cccc[n+]21)[n+]1ccccc1-3. The van der Waals surface area contributed by atoms with Crippen LogP contribution in [-0.4, -0.2) is 0 Å². The van der Waals surface area contributed by atoms with E-state index in [1.807, 2.05) is 0 Å². The quantitative estimate of drug-likeness (QED) is 0.183. The number of pyridine rings is 2. The molecule has 0 fully saturated rings. The van der Waals surface area contributed by atoms with Gasteiger partial charge in [-0.1, -0.05) is 68.4 Å². The molecule has 6 aromatic rings. The molecule has 0 radical (unpaired) electrons. The fraction of sp³-hybridized carbons (Fsp3) is 0.105. The molecule has 0 unspecified atom stereocenters. The highest BCUT2D eigenvalue weighted by atomic mass is 15.1. The molecule has 4 aromatic carbocycles. The fourth-order valence-electron chi connectivity index (χ4n) is 7.62. The number of nitrogens with zero attached hydrogens (tertiary/aromatic N) is 2. The second-order valence-corrected chi connectivity index (χ2v) is 11.8. The van der Waals surface area contributed by atoms with E-state index < -0.39 is 0 Å². The first kappa shape index (κ1) is 22.0. The zero-order valence-corrected chi connectivity index (χ0v) is 22.6. The molecule has 0 bridgehead atoms. The first-order chi connectivity index (χ1) is 19.6. The molecule has 2 nitrogen and oxygen atoms in total. The summed E-state index contributed by atoms with van der Waals surface area (Å²) in [6.07, 6.45) is 5.35. The summed E-state index contributed by atoms with van der Waals surface area (Å²) in [4.78, 5) is 0. The summed E-state index contributed by atoms with van der Waals surface area (Å²) in [7, 11) is 0. The highest BCUT2D eigenvalue weighted by molar-refractivity contribution is 6.00. The molecule has 0 amide bonds. The van der Waals surface area contributed by atoms with Crippen LogP contribution in [0.1, 0.15) is 36.1 Å². The molecule has 2 aromatic heterocycles. The van der Waals surface area contributed by atoms with E-state index in [1.165, 1.54) is 78.1 Å². The van der Waals surface area contributed by atoms with Gasteiger partial charge >= 0.3 is 0 Å². The van der Waals surface area contributed by atoms with Crippen molar-refractivity contribution in [3.05, 3.63) is 144 Å². The molecular weight excluding hydrogens is 484 g/mol. The van der Waals surface area contributed by atoms with Crippen LogP contribution in [0.15, 0.2) is 122 Å². The van der Waals surface area contributed by atoms with Gasteiger partial charge in [0.25, 0.3) is 11.4 Å². The zero-order valence-electron chi connectivity index (χ0n) is 22.6. The largest absolute Gasteiger partial charge is 0.287 e. The van der Waals surface area contributed by atoms with Crippen molar-refractivity contribution in [2.24, 2.45) is 0 Å². The lowest BCUT2D eigenvalue weighted by Crippen LogP contribution is -2.43. The molecule has 40 heavy (non-hydrogen) atoms. The van der Waals surface area contributed by atoms with Gasteiger partial charge in [0.05, 0.1) is 23.1 Å². The van der Waals surface area contributed by atoms with Crippen LogP contribution >= 0.6 is 0 Å². The average Bonchev–Trinajstić information content (AvgIpc) is 3.44. The fourth-order valence-corrected chi connectivity index (χ4v) is 7.62. The van der Waals surface area contributed by atoms with Gasteiger partial charge in [0.2, 0.25) is 11.4 Å². The van der Waals surface area contributed by atoms with Gasteiger partial charge in [0, 0.05) is 29.7 Å². The third kappa shape index (κ3) is 2.73. The monoisotopic (exact) mass is 512 g/mol. The first-order valence-electron chi connectivity index (χ1n) is 14.2. The Morgan fingerprint density at radius 3 is 2.17 bits per heavy atom. The number of hydrogen-bond donors (Lipinski definition) is 0. The third-order valence-corrected chi connectivity index (χ3v) is 9.38. The van der Waals surface area contributed by atoms with Crippen LogP contribution in [0.5, 0.6) is 0 Å². The van der Waals surface area contributed by atoms with E-state index in [-0.39, 0.29) is 5.41 Å². The Kier molecular flexibility index (Phi) is 4.21. The van der Waals surface area contributed by atoms with Crippen LogP contribution in [0, 0.1) is 0 Å². The van der Waals surface area contributed by atoms with E-state index in [0.29, 0.717) is 0 Å². The van der Waals surface area contributed by atoms with Gasteiger partial charge in [0.1, 0.15) is 0 Å². The maximum atomic E-state index is 2.49. The van der Waals surface area contributed by atoms with Crippen LogP contribution in [0.25, 0.3) is 55.8 Å². The summed E-state index contributed by atoms with van der Waals surface area (Å²) in [5.41, 5.74) is 16.0. The zero-order chi connectivity index (χ0) is 26.6. The summed E-state index contributed by atoms with van der Waals surface area (Å²) in [5.74, 6) is 0. The van der Waals surface area contributed by atoms with Crippen molar-refractivity contribution in [2.75, 3.05) is 0 Å². The van der Waals surface area contributed by atoms with E-state index in [2.05, 4.69) is 145 Å². The molecule has 0 spiro atoms. The van der Waals surface area contributed by atoms with Crippen molar-refractivity contribution in [2.45, 2.75) is 25.7 Å². The van der Waals surface area contributed by atoms with Gasteiger partial charge in [-0.05, 0) is 68.9 Å². The summed E-state index contributed by atoms with van der Waals surface area (Å²) >= 11 is 0. The van der Waals surface area contributed by atoms with Crippen molar-refractivity contribution in [3.63, 3.8) is 0 Å². The standard InChI is InChI=1S/C38H28N2/c1-38(2)32-23-30-31(22-29(32)28-18-17-24-11-3-6-14-27(24)36(28)38)37(40-20-10-8-16-34(30)40)35-21-25-12-4-5-13-26(25)33-15-7-9-19-39(33)35/h3-20,22-23H,21H2,1-2H3/q+2/b37-35+. The van der Waals surface area contributed by atoms with Crippen molar-refractivity contribution < 1.29 is 9.13 Å². The molecule has 0 saturated carbocycles. The van der Waals surface area contributed by atoms with Gasteiger partial charge in [-0.25, -0.2) is 0 Å². The predicted octanol–water partition coefficient (Wildman–Crippen LogP) is 7.80. The van der Waals surface area contributed by atoms with Crippen LogP contribution in [0.4, 0.5) is 0 Å². The van der Waals surface area contributed by atoms with Crippen molar-refractivity contribution in [1.29, 1.82) is 0 Å². The Morgan fingerprint density at radius 2 is 1.30 bits per heavy atom. The molecular formula is C38H28N2+2. The molecule has 2 aliphatic heterocycles. The minimum absolute atomic E-state index is 0.0821. The molecule has 3 aliphatic rings. The molecule has 0 N–H and O–H groups in total. The molecule has 4 heterocycles. The number of aromatic nitrogens is 2. The van der Waals surface area contributed by atoms with Gasteiger partial charge in [0.15, 0.2) is 12.4 Å². The van der Waals surface area contributed by atoms with Gasteiger partial charge < -0.3 is 0 Å². The topological polar surface area (TPSA) is 7.76 Å². The van der Waals surface area contributed by atoms with E-state index >= 15 is 0 Å². The Balaban J connectivity index is 1.37. The Morgan fingerprint density at radius 1 is 0.575 bits per heavy atom. The molecule has 9 rings (SSSR count). The summed E-state index contributed by atoms with van der Waals surface area (Å²) in [6, 6.07) is 40.5. The smallest absolute Gasteiger partial charge is 0.158 e. The highest BCUT2D eigenvalue weighted by Crippen LogP contribution is 2.54. The average molecular weight is 513 g/mol.